The summed E-state index contributed by atoms with van der Waals surface area (Å²) in [5.74, 6) is 0. The molecule has 0 fully saturated rings. The van der Waals surface area contributed by atoms with Crippen molar-refractivity contribution in [3.8, 4) is 0 Å². The summed E-state index contributed by atoms with van der Waals surface area (Å²) in [6, 6.07) is 18.6. The van der Waals surface area contributed by atoms with Crippen molar-refractivity contribution < 1.29 is 0 Å². The van der Waals surface area contributed by atoms with Crippen molar-refractivity contribution in [1.82, 2.24) is 10.4 Å². The first-order chi connectivity index (χ1) is 11.2. The van der Waals surface area contributed by atoms with E-state index in [9.17, 15) is 0 Å². The maximum atomic E-state index is 6.43. The Bertz CT molecular complexity index is 903. The number of nitrogens with one attached hydrogen (secondary N) is 1. The Labute approximate surface area is 140 Å². The van der Waals surface area contributed by atoms with E-state index in [4.69, 9.17) is 11.6 Å². The lowest BCUT2D eigenvalue weighted by Gasteiger charge is -2.13. The third-order valence-corrected chi connectivity index (χ3v) is 4.49. The van der Waals surface area contributed by atoms with Crippen molar-refractivity contribution in [1.29, 1.82) is 0 Å². The van der Waals surface area contributed by atoms with Gasteiger partial charge in [-0.05, 0) is 30.2 Å². The molecule has 3 aromatic rings. The Hall–Kier alpha value is -2.39. The number of hydrogen-bond acceptors (Lipinski definition) is 3. The normalized spacial score (nSPS) is 17.1. The van der Waals surface area contributed by atoms with Gasteiger partial charge in [0.2, 0.25) is 0 Å². The number of rotatable bonds is 2. The summed E-state index contributed by atoms with van der Waals surface area (Å²) in [7, 11) is 0. The van der Waals surface area contributed by atoms with Gasteiger partial charge in [-0.2, -0.15) is 5.10 Å². The molecule has 2 heterocycles. The molecule has 4 heteroatoms. The highest BCUT2D eigenvalue weighted by Gasteiger charge is 2.24. The molecular formula is C19H16ClN3. The number of benzene rings is 2. The Balaban J connectivity index is 1.66. The lowest BCUT2D eigenvalue weighted by atomic mass is 9.99. The molecule has 0 aliphatic carbocycles. The first-order valence-corrected chi connectivity index (χ1v) is 8.03. The topological polar surface area (TPSA) is 37.3 Å². The summed E-state index contributed by atoms with van der Waals surface area (Å²) in [6.07, 6.45) is 0.808. The lowest BCUT2D eigenvalue weighted by molar-refractivity contribution is 0.619. The fraction of sp³-hybridized carbons (Fsp3) is 0.158. The van der Waals surface area contributed by atoms with Gasteiger partial charge in [0.1, 0.15) is 5.15 Å². The second kappa shape index (κ2) is 5.67. The number of aryl methyl sites for hydroxylation is 1. The molecule has 0 spiro atoms. The zero-order chi connectivity index (χ0) is 15.8. The van der Waals surface area contributed by atoms with Crippen molar-refractivity contribution in [3.63, 3.8) is 0 Å². The number of aromatic nitrogens is 1. The molecule has 3 nitrogen and oxygen atoms in total. The molecule has 1 aliphatic rings. The van der Waals surface area contributed by atoms with Crippen LogP contribution in [0.1, 0.15) is 29.2 Å². The van der Waals surface area contributed by atoms with Crippen molar-refractivity contribution in [2.75, 3.05) is 0 Å². The molecule has 4 rings (SSSR count). The SMILES string of the molecule is Cc1ccc2cc(C3CC(c4ccccc4)=NN3)c(Cl)nc2c1. The first-order valence-electron chi connectivity index (χ1n) is 7.65. The van der Waals surface area contributed by atoms with Gasteiger partial charge in [0.15, 0.2) is 0 Å². The van der Waals surface area contributed by atoms with Gasteiger partial charge >= 0.3 is 0 Å². The Morgan fingerprint density at radius 1 is 1.09 bits per heavy atom. The average molecular weight is 322 g/mol. The van der Waals surface area contributed by atoms with E-state index in [2.05, 4.69) is 58.8 Å². The fourth-order valence-corrected chi connectivity index (χ4v) is 3.22. The van der Waals surface area contributed by atoms with Gasteiger partial charge < -0.3 is 5.43 Å². The Morgan fingerprint density at radius 2 is 1.91 bits per heavy atom. The van der Waals surface area contributed by atoms with Crippen LogP contribution >= 0.6 is 11.6 Å². The van der Waals surface area contributed by atoms with E-state index in [-0.39, 0.29) is 6.04 Å². The van der Waals surface area contributed by atoms with E-state index >= 15 is 0 Å². The minimum absolute atomic E-state index is 0.0657. The number of fused-ring (bicyclic) bond motifs is 1. The first kappa shape index (κ1) is 14.2. The van der Waals surface area contributed by atoms with Crippen LogP contribution in [0.25, 0.3) is 10.9 Å². The van der Waals surface area contributed by atoms with Crippen LogP contribution in [-0.4, -0.2) is 10.7 Å². The zero-order valence-electron chi connectivity index (χ0n) is 12.8. The van der Waals surface area contributed by atoms with E-state index in [1.807, 2.05) is 18.2 Å². The van der Waals surface area contributed by atoms with Crippen molar-refractivity contribution >= 4 is 28.2 Å². The molecule has 0 saturated heterocycles. The minimum atomic E-state index is 0.0657. The Morgan fingerprint density at radius 3 is 2.74 bits per heavy atom. The molecule has 0 amide bonds. The molecule has 0 bridgehead atoms. The second-order valence-electron chi connectivity index (χ2n) is 5.87. The summed E-state index contributed by atoms with van der Waals surface area (Å²) in [5.41, 5.74) is 8.51. The molecule has 1 atom stereocenters. The smallest absolute Gasteiger partial charge is 0.135 e. The van der Waals surface area contributed by atoms with Crippen LogP contribution in [0.5, 0.6) is 0 Å². The molecular weight excluding hydrogens is 306 g/mol. The van der Waals surface area contributed by atoms with Gasteiger partial charge in [0, 0.05) is 17.4 Å². The van der Waals surface area contributed by atoms with Gasteiger partial charge in [-0.25, -0.2) is 4.98 Å². The molecule has 114 valence electrons. The zero-order valence-corrected chi connectivity index (χ0v) is 13.5. The highest BCUT2D eigenvalue weighted by Crippen LogP contribution is 2.31. The van der Waals surface area contributed by atoms with Crippen LogP contribution in [0.2, 0.25) is 5.15 Å². The number of nitrogens with zero attached hydrogens (tertiary/aromatic N) is 2. The number of halogens is 1. The van der Waals surface area contributed by atoms with E-state index in [1.165, 1.54) is 5.56 Å². The highest BCUT2D eigenvalue weighted by atomic mass is 35.5. The van der Waals surface area contributed by atoms with E-state index in [0.29, 0.717) is 5.15 Å². The van der Waals surface area contributed by atoms with Crippen LogP contribution < -0.4 is 5.43 Å². The lowest BCUT2D eigenvalue weighted by Crippen LogP contribution is -2.11. The summed E-state index contributed by atoms with van der Waals surface area (Å²) in [4.78, 5) is 4.55. The minimum Gasteiger partial charge on any atom is -0.302 e. The Kier molecular flexibility index (Phi) is 3.50. The molecule has 0 saturated carbocycles. The predicted octanol–water partition coefficient (Wildman–Crippen LogP) is 4.64. The summed E-state index contributed by atoms with van der Waals surface area (Å²) >= 11 is 6.43. The van der Waals surface area contributed by atoms with Crippen LogP contribution in [0.15, 0.2) is 59.7 Å². The molecule has 2 aromatic carbocycles. The maximum Gasteiger partial charge on any atom is 0.135 e. The highest BCUT2D eigenvalue weighted by molar-refractivity contribution is 6.30. The molecule has 0 radical (unpaired) electrons. The number of hydrazone groups is 1. The van der Waals surface area contributed by atoms with E-state index < -0.39 is 0 Å². The molecule has 1 unspecified atom stereocenters. The molecule has 23 heavy (non-hydrogen) atoms. The second-order valence-corrected chi connectivity index (χ2v) is 6.23. The third-order valence-electron chi connectivity index (χ3n) is 4.19. The third kappa shape index (κ3) is 2.68. The fourth-order valence-electron chi connectivity index (χ4n) is 2.95. The molecule has 1 aromatic heterocycles. The van der Waals surface area contributed by atoms with Crippen LogP contribution in [-0.2, 0) is 0 Å². The monoisotopic (exact) mass is 321 g/mol. The van der Waals surface area contributed by atoms with E-state index in [1.54, 1.807) is 0 Å². The van der Waals surface area contributed by atoms with Gasteiger partial charge in [-0.1, -0.05) is 54.1 Å². The molecule has 1 aliphatic heterocycles. The largest absolute Gasteiger partial charge is 0.302 e. The van der Waals surface area contributed by atoms with Gasteiger partial charge in [-0.3, -0.25) is 0 Å². The van der Waals surface area contributed by atoms with Gasteiger partial charge in [0.25, 0.3) is 0 Å². The van der Waals surface area contributed by atoms with E-state index in [0.717, 1.165) is 34.2 Å². The number of pyridine rings is 1. The summed E-state index contributed by atoms with van der Waals surface area (Å²) < 4.78 is 0. The van der Waals surface area contributed by atoms with Crippen LogP contribution in [0.4, 0.5) is 0 Å². The summed E-state index contributed by atoms with van der Waals surface area (Å²) in [5, 5.41) is 6.13. The summed E-state index contributed by atoms with van der Waals surface area (Å²) in [6.45, 7) is 2.06. The van der Waals surface area contributed by atoms with Crippen molar-refractivity contribution in [2.24, 2.45) is 5.10 Å². The number of hydrogen-bond donors (Lipinski definition) is 1. The maximum absolute atomic E-state index is 6.43. The quantitative estimate of drug-likeness (QED) is 0.698. The van der Waals surface area contributed by atoms with Gasteiger partial charge in [-0.15, -0.1) is 0 Å². The van der Waals surface area contributed by atoms with Crippen molar-refractivity contribution in [3.05, 3.63) is 76.4 Å². The average Bonchev–Trinajstić information content (AvgIpc) is 3.05. The van der Waals surface area contributed by atoms with Crippen molar-refractivity contribution in [2.45, 2.75) is 19.4 Å². The van der Waals surface area contributed by atoms with Crippen LogP contribution in [0.3, 0.4) is 0 Å². The standard InChI is InChI=1S/C19H16ClN3/c1-12-7-8-14-10-15(19(20)21-16(14)9-12)18-11-17(22-23-18)13-5-3-2-4-6-13/h2-10,18,23H,11H2,1H3. The van der Waals surface area contributed by atoms with Gasteiger partial charge in [0.05, 0.1) is 17.3 Å². The van der Waals surface area contributed by atoms with Crippen LogP contribution in [0, 0.1) is 6.92 Å². The molecule has 1 N–H and O–H groups in total. The predicted molar refractivity (Wildman–Crippen MR) is 95.0 cm³/mol.